The van der Waals surface area contributed by atoms with E-state index < -0.39 is 0 Å². The zero-order chi connectivity index (χ0) is 22.2. The smallest absolute Gasteiger partial charge is 0.251 e. The van der Waals surface area contributed by atoms with Gasteiger partial charge in [0.25, 0.3) is 5.91 Å². The van der Waals surface area contributed by atoms with Gasteiger partial charge >= 0.3 is 0 Å². The number of aryl methyl sites for hydroxylation is 1. The van der Waals surface area contributed by atoms with Gasteiger partial charge in [-0.2, -0.15) is 0 Å². The molecule has 3 aromatic rings. The van der Waals surface area contributed by atoms with Crippen LogP contribution in [0.5, 0.6) is 0 Å². The summed E-state index contributed by atoms with van der Waals surface area (Å²) in [5.74, 6) is -0.0660. The lowest BCUT2D eigenvalue weighted by atomic mass is 10.1. The number of nitrogens with zero attached hydrogens (tertiary/aromatic N) is 2. The normalized spacial score (nSPS) is 10.7. The molecule has 5 heteroatoms. The van der Waals surface area contributed by atoms with Crippen molar-refractivity contribution in [1.29, 1.82) is 0 Å². The first-order valence-electron chi connectivity index (χ1n) is 10.4. The van der Waals surface area contributed by atoms with Gasteiger partial charge in [0, 0.05) is 24.8 Å². The largest absolute Gasteiger partial charge is 0.355 e. The molecule has 0 atom stereocenters. The van der Waals surface area contributed by atoms with Gasteiger partial charge in [0.2, 0.25) is 5.91 Å². The van der Waals surface area contributed by atoms with E-state index in [0.29, 0.717) is 18.7 Å². The number of amides is 2. The van der Waals surface area contributed by atoms with E-state index in [4.69, 9.17) is 0 Å². The molecule has 0 aliphatic carbocycles. The molecule has 0 saturated carbocycles. The number of rotatable bonds is 8. The Morgan fingerprint density at radius 3 is 2.16 bits per heavy atom. The van der Waals surface area contributed by atoms with Gasteiger partial charge < -0.3 is 10.2 Å². The molecule has 0 heterocycles. The average molecular weight is 416 g/mol. The summed E-state index contributed by atoms with van der Waals surface area (Å²) in [7, 11) is 3.55. The van der Waals surface area contributed by atoms with Crippen LogP contribution in [0, 0.1) is 6.92 Å². The topological polar surface area (TPSA) is 52.7 Å². The van der Waals surface area contributed by atoms with Crippen LogP contribution in [-0.2, 0) is 17.9 Å². The summed E-state index contributed by atoms with van der Waals surface area (Å²) in [5, 5.41) is 2.62. The zero-order valence-electron chi connectivity index (χ0n) is 18.3. The molecule has 0 aliphatic heterocycles. The Morgan fingerprint density at radius 2 is 1.52 bits per heavy atom. The van der Waals surface area contributed by atoms with E-state index in [-0.39, 0.29) is 18.4 Å². The molecule has 0 radical (unpaired) electrons. The number of carbonyl (C=O) groups excluding carboxylic acids is 2. The quantitative estimate of drug-likeness (QED) is 0.605. The molecule has 31 heavy (non-hydrogen) atoms. The molecule has 0 aliphatic rings. The Hall–Kier alpha value is -3.44. The first-order chi connectivity index (χ1) is 15.0. The predicted molar refractivity (Wildman–Crippen MR) is 125 cm³/mol. The number of carbonyl (C=O) groups is 2. The van der Waals surface area contributed by atoms with Crippen molar-refractivity contribution in [3.8, 4) is 0 Å². The summed E-state index contributed by atoms with van der Waals surface area (Å²) in [4.78, 5) is 28.8. The second kappa shape index (κ2) is 10.5. The van der Waals surface area contributed by atoms with E-state index in [1.54, 1.807) is 19.2 Å². The molecule has 0 bridgehead atoms. The van der Waals surface area contributed by atoms with Crippen molar-refractivity contribution in [2.45, 2.75) is 20.0 Å². The van der Waals surface area contributed by atoms with Gasteiger partial charge in [0.05, 0.1) is 13.1 Å². The molecular weight excluding hydrogens is 386 g/mol. The van der Waals surface area contributed by atoms with Crippen molar-refractivity contribution < 1.29 is 9.59 Å². The van der Waals surface area contributed by atoms with Gasteiger partial charge in [-0.05, 0) is 54.9 Å². The highest BCUT2D eigenvalue weighted by molar-refractivity contribution is 5.95. The fraction of sp³-hybridized carbons (Fsp3) is 0.231. The standard InChI is InChI=1S/C26H29N3O2/c1-20-8-7-11-24(16-20)29(18-21-9-5-4-6-10-21)25(30)19-28(3)17-22-12-14-23(15-13-22)26(31)27-2/h4-16H,17-19H2,1-3H3,(H,27,31). The summed E-state index contributed by atoms with van der Waals surface area (Å²) in [6.07, 6.45) is 0. The third-order valence-electron chi connectivity index (χ3n) is 5.10. The zero-order valence-corrected chi connectivity index (χ0v) is 18.3. The number of nitrogens with one attached hydrogen (secondary N) is 1. The monoisotopic (exact) mass is 415 g/mol. The fourth-order valence-corrected chi connectivity index (χ4v) is 3.48. The van der Waals surface area contributed by atoms with Crippen LogP contribution >= 0.6 is 0 Å². The maximum Gasteiger partial charge on any atom is 0.251 e. The Labute approximate surface area is 184 Å². The summed E-state index contributed by atoms with van der Waals surface area (Å²) < 4.78 is 0. The number of hydrogen-bond acceptors (Lipinski definition) is 3. The lowest BCUT2D eigenvalue weighted by Gasteiger charge is -2.26. The summed E-state index contributed by atoms with van der Waals surface area (Å²) >= 11 is 0. The Bertz CT molecular complexity index is 1020. The SMILES string of the molecule is CNC(=O)c1ccc(CN(C)CC(=O)N(Cc2ccccc2)c2cccc(C)c2)cc1. The highest BCUT2D eigenvalue weighted by Crippen LogP contribution is 2.19. The minimum atomic E-state index is -0.107. The first-order valence-corrected chi connectivity index (χ1v) is 10.4. The fourth-order valence-electron chi connectivity index (χ4n) is 3.48. The maximum atomic E-state index is 13.3. The van der Waals surface area contributed by atoms with Crippen LogP contribution in [0.25, 0.3) is 0 Å². The summed E-state index contributed by atoms with van der Waals surface area (Å²) in [6.45, 7) is 3.46. The van der Waals surface area contributed by atoms with E-state index in [1.807, 2.05) is 90.5 Å². The molecule has 160 valence electrons. The lowest BCUT2D eigenvalue weighted by Crippen LogP contribution is -2.38. The predicted octanol–water partition coefficient (Wildman–Crippen LogP) is 4.02. The minimum Gasteiger partial charge on any atom is -0.355 e. The molecule has 0 fully saturated rings. The van der Waals surface area contributed by atoms with Crippen LogP contribution in [0.1, 0.15) is 27.0 Å². The van der Waals surface area contributed by atoms with Gasteiger partial charge in [-0.3, -0.25) is 14.5 Å². The van der Waals surface area contributed by atoms with E-state index in [2.05, 4.69) is 5.32 Å². The molecule has 5 nitrogen and oxygen atoms in total. The third-order valence-corrected chi connectivity index (χ3v) is 5.10. The molecular formula is C26H29N3O2. The second-order valence-electron chi connectivity index (χ2n) is 7.75. The molecule has 3 rings (SSSR count). The van der Waals surface area contributed by atoms with Crippen molar-refractivity contribution in [1.82, 2.24) is 10.2 Å². The summed E-state index contributed by atoms with van der Waals surface area (Å²) in [5.41, 5.74) is 4.78. The lowest BCUT2D eigenvalue weighted by molar-refractivity contribution is -0.119. The maximum absolute atomic E-state index is 13.3. The second-order valence-corrected chi connectivity index (χ2v) is 7.75. The van der Waals surface area contributed by atoms with Gasteiger partial charge in [-0.15, -0.1) is 0 Å². The van der Waals surface area contributed by atoms with Gasteiger partial charge in [0.15, 0.2) is 0 Å². The van der Waals surface area contributed by atoms with Crippen molar-refractivity contribution in [2.24, 2.45) is 0 Å². The number of likely N-dealkylation sites (N-methyl/N-ethyl adjacent to an activating group) is 1. The number of hydrogen-bond donors (Lipinski definition) is 1. The number of benzene rings is 3. The highest BCUT2D eigenvalue weighted by Gasteiger charge is 2.18. The Balaban J connectivity index is 1.71. The van der Waals surface area contributed by atoms with Crippen LogP contribution in [0.15, 0.2) is 78.9 Å². The molecule has 1 N–H and O–H groups in total. The molecule has 0 aromatic heterocycles. The summed E-state index contributed by atoms with van der Waals surface area (Å²) in [6, 6.07) is 25.5. The minimum absolute atomic E-state index is 0.0407. The number of anilines is 1. The van der Waals surface area contributed by atoms with Crippen LogP contribution in [0.2, 0.25) is 0 Å². The van der Waals surface area contributed by atoms with E-state index >= 15 is 0 Å². The average Bonchev–Trinajstić information content (AvgIpc) is 2.78. The van der Waals surface area contributed by atoms with E-state index in [1.165, 1.54) is 0 Å². The van der Waals surface area contributed by atoms with E-state index in [0.717, 1.165) is 22.4 Å². The van der Waals surface area contributed by atoms with Crippen LogP contribution < -0.4 is 10.2 Å². The molecule has 0 spiro atoms. The van der Waals surface area contributed by atoms with Crippen molar-refractivity contribution >= 4 is 17.5 Å². The molecule has 0 unspecified atom stereocenters. The van der Waals surface area contributed by atoms with Gasteiger partial charge in [-0.25, -0.2) is 0 Å². The molecule has 3 aromatic carbocycles. The van der Waals surface area contributed by atoms with Crippen LogP contribution in [-0.4, -0.2) is 37.4 Å². The van der Waals surface area contributed by atoms with Crippen LogP contribution in [0.4, 0.5) is 5.69 Å². The van der Waals surface area contributed by atoms with E-state index in [9.17, 15) is 9.59 Å². The highest BCUT2D eigenvalue weighted by atomic mass is 16.2. The van der Waals surface area contributed by atoms with Gasteiger partial charge in [0.1, 0.15) is 0 Å². The third kappa shape index (κ3) is 6.27. The van der Waals surface area contributed by atoms with Crippen molar-refractivity contribution in [3.63, 3.8) is 0 Å². The van der Waals surface area contributed by atoms with Crippen molar-refractivity contribution in [3.05, 3.63) is 101 Å². The molecule has 2 amide bonds. The van der Waals surface area contributed by atoms with Gasteiger partial charge in [-0.1, -0.05) is 54.6 Å². The van der Waals surface area contributed by atoms with Crippen LogP contribution in [0.3, 0.4) is 0 Å². The first kappa shape index (κ1) is 22.2. The van der Waals surface area contributed by atoms with Crippen molar-refractivity contribution in [2.75, 3.05) is 25.5 Å². The molecule has 0 saturated heterocycles. The Kier molecular flexibility index (Phi) is 7.57. The Morgan fingerprint density at radius 1 is 0.839 bits per heavy atom.